The normalized spacial score (nSPS) is 21.4. The van der Waals surface area contributed by atoms with Crippen molar-refractivity contribution >= 4 is 34.5 Å². The Bertz CT molecular complexity index is 313. The molecule has 0 saturated heterocycles. The minimum absolute atomic E-state index is 0.176. The monoisotopic (exact) mass is 276 g/mol. The van der Waals surface area contributed by atoms with E-state index in [1.165, 1.54) is 49.8 Å². The van der Waals surface area contributed by atoms with Crippen LogP contribution < -0.4 is 0 Å². The molecule has 1 aromatic rings. The largest absolute Gasteiger partial charge is 0.127 e. The van der Waals surface area contributed by atoms with E-state index in [9.17, 15) is 0 Å². The van der Waals surface area contributed by atoms with Crippen LogP contribution in [0.1, 0.15) is 55.2 Å². The van der Waals surface area contributed by atoms with Crippen LogP contribution in [0.5, 0.6) is 0 Å². The summed E-state index contributed by atoms with van der Waals surface area (Å²) in [7, 11) is 0. The molecule has 0 bridgehead atoms. The fraction of sp³-hybridized carbons (Fsp3) is 0.692. The van der Waals surface area contributed by atoms with Crippen molar-refractivity contribution in [1.82, 2.24) is 0 Å². The third kappa shape index (κ3) is 3.38. The molecule has 90 valence electrons. The summed E-state index contributed by atoms with van der Waals surface area (Å²) < 4.78 is 0.853. The highest BCUT2D eigenvalue weighted by Crippen LogP contribution is 2.40. The fourth-order valence-corrected chi connectivity index (χ4v) is 4.08. The maximum absolute atomic E-state index is 6.58. The summed E-state index contributed by atoms with van der Waals surface area (Å²) in [4.78, 5) is 1.25. The van der Waals surface area contributed by atoms with Gasteiger partial charge >= 0.3 is 0 Å². The Kier molecular flexibility index (Phi) is 4.99. The van der Waals surface area contributed by atoms with Crippen LogP contribution in [0.25, 0.3) is 0 Å². The first kappa shape index (κ1) is 12.7. The zero-order valence-corrected chi connectivity index (χ0v) is 11.8. The van der Waals surface area contributed by atoms with Gasteiger partial charge in [0.1, 0.15) is 0 Å². The third-order valence-electron chi connectivity index (χ3n) is 3.43. The molecule has 1 atom stereocenters. The lowest BCUT2D eigenvalue weighted by Gasteiger charge is -2.23. The number of thiophene rings is 1. The second kappa shape index (κ2) is 6.28. The van der Waals surface area contributed by atoms with Crippen LogP contribution in [0.3, 0.4) is 0 Å². The predicted octanol–water partition coefficient (Wildman–Crippen LogP) is 6.04. The summed E-state index contributed by atoms with van der Waals surface area (Å²) in [5.74, 6) is 0.650. The number of hydrogen-bond donors (Lipinski definition) is 0. The maximum Gasteiger partial charge on any atom is 0.0931 e. The molecule has 1 saturated carbocycles. The minimum Gasteiger partial charge on any atom is -0.127 e. The van der Waals surface area contributed by atoms with Gasteiger partial charge in [-0.2, -0.15) is 0 Å². The summed E-state index contributed by atoms with van der Waals surface area (Å²) in [6, 6.07) is 4.04. The molecule has 16 heavy (non-hydrogen) atoms. The molecular weight excluding hydrogens is 259 g/mol. The lowest BCUT2D eigenvalue weighted by molar-refractivity contribution is 0.370. The first-order valence-corrected chi connectivity index (χ1v) is 7.80. The quantitative estimate of drug-likeness (QED) is 0.578. The van der Waals surface area contributed by atoms with Gasteiger partial charge in [-0.05, 0) is 30.9 Å². The molecule has 0 aromatic carbocycles. The molecule has 1 aromatic heterocycles. The molecule has 0 amide bonds. The molecule has 0 aliphatic heterocycles. The van der Waals surface area contributed by atoms with Crippen molar-refractivity contribution in [3.63, 3.8) is 0 Å². The lowest BCUT2D eigenvalue weighted by atomic mass is 9.88. The van der Waals surface area contributed by atoms with Gasteiger partial charge in [0.05, 0.1) is 9.71 Å². The number of halogens is 2. The van der Waals surface area contributed by atoms with E-state index in [-0.39, 0.29) is 5.38 Å². The predicted molar refractivity (Wildman–Crippen MR) is 73.7 cm³/mol. The van der Waals surface area contributed by atoms with Gasteiger partial charge in [0.25, 0.3) is 0 Å². The number of rotatable bonds is 2. The molecule has 3 heteroatoms. The Morgan fingerprint density at radius 3 is 2.25 bits per heavy atom. The summed E-state index contributed by atoms with van der Waals surface area (Å²) in [5, 5.41) is 0.176. The molecule has 0 nitrogen and oxygen atoms in total. The first-order valence-electron chi connectivity index (χ1n) is 6.16. The zero-order chi connectivity index (χ0) is 11.4. The average Bonchev–Trinajstić information content (AvgIpc) is 2.63. The molecule has 0 radical (unpaired) electrons. The summed E-state index contributed by atoms with van der Waals surface area (Å²) in [6.07, 6.45) is 9.41. The van der Waals surface area contributed by atoms with Gasteiger partial charge in [0.15, 0.2) is 0 Å². The van der Waals surface area contributed by atoms with Crippen molar-refractivity contribution in [2.24, 2.45) is 5.92 Å². The second-order valence-electron chi connectivity index (χ2n) is 4.65. The van der Waals surface area contributed by atoms with Crippen molar-refractivity contribution in [3.8, 4) is 0 Å². The van der Waals surface area contributed by atoms with Gasteiger partial charge < -0.3 is 0 Å². The van der Waals surface area contributed by atoms with Gasteiger partial charge in [-0.15, -0.1) is 22.9 Å². The van der Waals surface area contributed by atoms with Gasteiger partial charge in [-0.3, -0.25) is 0 Å². The Hall–Kier alpha value is 0.280. The molecule has 0 spiro atoms. The van der Waals surface area contributed by atoms with E-state index in [0.29, 0.717) is 5.92 Å². The first-order chi connectivity index (χ1) is 7.77. The Morgan fingerprint density at radius 2 is 1.69 bits per heavy atom. The maximum atomic E-state index is 6.58. The van der Waals surface area contributed by atoms with E-state index in [1.54, 1.807) is 11.3 Å². The highest BCUT2D eigenvalue weighted by atomic mass is 35.5. The van der Waals surface area contributed by atoms with Gasteiger partial charge in [0, 0.05) is 4.88 Å². The van der Waals surface area contributed by atoms with Crippen molar-refractivity contribution < 1.29 is 0 Å². The Morgan fingerprint density at radius 1 is 1.06 bits per heavy atom. The van der Waals surface area contributed by atoms with Gasteiger partial charge in [-0.25, -0.2) is 0 Å². The lowest BCUT2D eigenvalue weighted by Crippen LogP contribution is -2.09. The van der Waals surface area contributed by atoms with Crippen LogP contribution in [0.4, 0.5) is 0 Å². The molecule has 1 fully saturated rings. The number of alkyl halides is 1. The standard InChI is InChI=1S/C13H18Cl2S/c14-12-9-8-11(16-12)13(15)10-6-4-2-1-3-5-7-10/h8-10,13H,1-7H2. The van der Waals surface area contributed by atoms with Crippen LogP contribution in [-0.4, -0.2) is 0 Å². The average molecular weight is 277 g/mol. The summed E-state index contributed by atoms with van der Waals surface area (Å²) >= 11 is 14.2. The highest BCUT2D eigenvalue weighted by Gasteiger charge is 2.22. The molecule has 1 aliphatic rings. The smallest absolute Gasteiger partial charge is 0.0931 e. The van der Waals surface area contributed by atoms with Gasteiger partial charge in [0.2, 0.25) is 0 Å². The van der Waals surface area contributed by atoms with Crippen LogP contribution in [0, 0.1) is 5.92 Å². The fourth-order valence-electron chi connectivity index (χ4n) is 2.49. The van der Waals surface area contributed by atoms with Crippen LogP contribution in [0.2, 0.25) is 4.34 Å². The zero-order valence-electron chi connectivity index (χ0n) is 9.42. The van der Waals surface area contributed by atoms with E-state index in [4.69, 9.17) is 23.2 Å². The molecule has 1 aliphatic carbocycles. The van der Waals surface area contributed by atoms with E-state index in [2.05, 4.69) is 6.07 Å². The van der Waals surface area contributed by atoms with Crippen molar-refractivity contribution in [2.45, 2.75) is 50.3 Å². The number of hydrogen-bond acceptors (Lipinski definition) is 1. The minimum atomic E-state index is 0.176. The van der Waals surface area contributed by atoms with Crippen LogP contribution in [0.15, 0.2) is 12.1 Å². The Balaban J connectivity index is 1.98. The SMILES string of the molecule is Clc1ccc(C(Cl)C2CCCCCCC2)s1. The summed E-state index contributed by atoms with van der Waals surface area (Å²) in [6.45, 7) is 0. The Labute approximate surface area is 112 Å². The van der Waals surface area contributed by atoms with E-state index in [0.717, 1.165) is 4.34 Å². The van der Waals surface area contributed by atoms with Crippen molar-refractivity contribution in [1.29, 1.82) is 0 Å². The topological polar surface area (TPSA) is 0 Å². The van der Waals surface area contributed by atoms with Crippen LogP contribution >= 0.6 is 34.5 Å². The highest BCUT2D eigenvalue weighted by molar-refractivity contribution is 7.16. The molecule has 1 unspecified atom stereocenters. The van der Waals surface area contributed by atoms with E-state index >= 15 is 0 Å². The molecule has 0 N–H and O–H groups in total. The van der Waals surface area contributed by atoms with E-state index in [1.807, 2.05) is 6.07 Å². The van der Waals surface area contributed by atoms with E-state index < -0.39 is 0 Å². The molecular formula is C13H18Cl2S. The molecule has 2 rings (SSSR count). The second-order valence-corrected chi connectivity index (χ2v) is 6.87. The third-order valence-corrected chi connectivity index (χ3v) is 5.46. The molecule has 1 heterocycles. The van der Waals surface area contributed by atoms with Crippen molar-refractivity contribution in [3.05, 3.63) is 21.3 Å². The van der Waals surface area contributed by atoms with Crippen LogP contribution in [-0.2, 0) is 0 Å². The van der Waals surface area contributed by atoms with Gasteiger partial charge in [-0.1, -0.05) is 43.7 Å². The van der Waals surface area contributed by atoms with Crippen molar-refractivity contribution in [2.75, 3.05) is 0 Å². The summed E-state index contributed by atoms with van der Waals surface area (Å²) in [5.41, 5.74) is 0.